The first kappa shape index (κ1) is 27.2. The lowest BCUT2D eigenvalue weighted by Gasteiger charge is -2.13. The number of hydrogen-bond acceptors (Lipinski definition) is 4. The largest absolute Gasteiger partial charge is 0.504 e. The molecule has 0 atom stereocenters. The molecule has 0 saturated heterocycles. The first-order valence-electron chi connectivity index (χ1n) is 12.0. The maximum Gasteiger partial charge on any atom is 0.255 e. The number of carbonyl (C=O) groups is 1. The van der Waals surface area contributed by atoms with Crippen LogP contribution in [0, 0.1) is 5.82 Å². The summed E-state index contributed by atoms with van der Waals surface area (Å²) < 4.78 is 19.4. The molecule has 0 saturated carbocycles. The highest BCUT2D eigenvalue weighted by Crippen LogP contribution is 2.35. The molecule has 3 N–H and O–H groups in total. The zero-order chi connectivity index (χ0) is 26.9. The van der Waals surface area contributed by atoms with Crippen LogP contribution in [0.25, 0.3) is 0 Å². The van der Waals surface area contributed by atoms with Gasteiger partial charge in [-0.05, 0) is 59.4 Å². The number of aromatic amines is 1. The summed E-state index contributed by atoms with van der Waals surface area (Å²) in [5.74, 6) is 0.538. The number of nitrogens with one attached hydrogen (secondary N) is 2. The van der Waals surface area contributed by atoms with Crippen molar-refractivity contribution in [3.05, 3.63) is 118 Å². The number of carbonyl (C=O) groups excluding carboxylic acids is 1. The van der Waals surface area contributed by atoms with E-state index in [0.29, 0.717) is 28.5 Å². The van der Waals surface area contributed by atoms with E-state index in [1.54, 1.807) is 36.4 Å². The highest BCUT2D eigenvalue weighted by molar-refractivity contribution is 6.04. The second kappa shape index (κ2) is 12.5. The second-order valence-corrected chi connectivity index (χ2v) is 9.08. The Morgan fingerprint density at radius 1 is 0.919 bits per heavy atom. The zero-order valence-electron chi connectivity index (χ0n) is 21.3. The normalized spacial score (nSPS) is 10.6. The van der Waals surface area contributed by atoms with E-state index in [-0.39, 0.29) is 28.9 Å². The van der Waals surface area contributed by atoms with Crippen LogP contribution in [0.3, 0.4) is 0 Å². The molecule has 1 aromatic heterocycles. The number of phenolic OH excluding ortho intramolecular Hbond substituents is 1. The summed E-state index contributed by atoms with van der Waals surface area (Å²) in [5.41, 5.74) is 2.54. The van der Waals surface area contributed by atoms with Crippen LogP contribution in [0.5, 0.6) is 17.2 Å². The maximum atomic E-state index is 13.7. The average molecular weight is 503 g/mol. The fourth-order valence-electron chi connectivity index (χ4n) is 3.45. The van der Waals surface area contributed by atoms with Gasteiger partial charge in [-0.3, -0.25) is 9.59 Å². The number of hydrogen-bond donors (Lipinski definition) is 3. The van der Waals surface area contributed by atoms with Crippen LogP contribution in [0.2, 0.25) is 0 Å². The third-order valence-corrected chi connectivity index (χ3v) is 5.54. The van der Waals surface area contributed by atoms with Gasteiger partial charge >= 0.3 is 0 Å². The molecule has 192 valence electrons. The number of pyridine rings is 1. The Morgan fingerprint density at radius 3 is 2.19 bits per heavy atom. The minimum Gasteiger partial charge on any atom is -0.504 e. The number of halogens is 1. The summed E-state index contributed by atoms with van der Waals surface area (Å²) in [7, 11) is 0. The molecule has 4 rings (SSSR count). The van der Waals surface area contributed by atoms with Crippen LogP contribution >= 0.6 is 0 Å². The molecule has 6 nitrogen and oxygen atoms in total. The third-order valence-electron chi connectivity index (χ3n) is 5.54. The molecular formula is C30H31FN2O4. The number of benzene rings is 3. The van der Waals surface area contributed by atoms with Crippen LogP contribution in [0.1, 0.15) is 61.0 Å². The van der Waals surface area contributed by atoms with Crippen LogP contribution < -0.4 is 15.6 Å². The van der Waals surface area contributed by atoms with Crippen molar-refractivity contribution in [2.75, 3.05) is 5.32 Å². The van der Waals surface area contributed by atoms with Gasteiger partial charge in [-0.15, -0.1) is 0 Å². The van der Waals surface area contributed by atoms with Crippen molar-refractivity contribution in [1.29, 1.82) is 0 Å². The van der Waals surface area contributed by atoms with Crippen molar-refractivity contribution in [3.63, 3.8) is 0 Å². The number of amides is 1. The van der Waals surface area contributed by atoms with E-state index in [1.165, 1.54) is 17.8 Å². The van der Waals surface area contributed by atoms with Gasteiger partial charge in [-0.25, -0.2) is 4.39 Å². The first-order valence-corrected chi connectivity index (χ1v) is 12.0. The molecule has 1 heterocycles. The van der Waals surface area contributed by atoms with Gasteiger partial charge < -0.3 is 20.1 Å². The summed E-state index contributed by atoms with van der Waals surface area (Å²) in [5, 5.41) is 12.5. The van der Waals surface area contributed by atoms with Gasteiger partial charge in [0.05, 0.1) is 0 Å². The molecule has 0 aliphatic rings. The standard InChI is InChI=1S/C18H21FO2.C12H10N2O2/c1-11(2)13-5-7-14(8-6-13)21-18-9-15(12(3)4)16(19)10-17(18)20;15-11-8-10(6-7-13-11)14-12(16)9-4-2-1-3-5-9/h5-12,20H,1-4H3;1-8H,(H2,13,14,15,16). The van der Waals surface area contributed by atoms with E-state index in [9.17, 15) is 19.1 Å². The Hall–Kier alpha value is -4.39. The van der Waals surface area contributed by atoms with Gasteiger partial charge in [0, 0.05) is 29.6 Å². The molecule has 3 aromatic carbocycles. The summed E-state index contributed by atoms with van der Waals surface area (Å²) in [6, 6.07) is 22.1. The summed E-state index contributed by atoms with van der Waals surface area (Å²) in [6.07, 6.45) is 1.49. The van der Waals surface area contributed by atoms with E-state index >= 15 is 0 Å². The maximum absolute atomic E-state index is 13.7. The predicted molar refractivity (Wildman–Crippen MR) is 144 cm³/mol. The molecule has 0 aliphatic carbocycles. The lowest BCUT2D eigenvalue weighted by Crippen LogP contribution is -2.14. The van der Waals surface area contributed by atoms with E-state index in [1.807, 2.05) is 44.2 Å². The summed E-state index contributed by atoms with van der Waals surface area (Å²) >= 11 is 0. The van der Waals surface area contributed by atoms with Crippen LogP contribution in [0.4, 0.5) is 10.1 Å². The van der Waals surface area contributed by atoms with Crippen molar-refractivity contribution in [3.8, 4) is 17.2 Å². The number of ether oxygens (including phenoxy) is 1. The Morgan fingerprint density at radius 2 is 1.59 bits per heavy atom. The third kappa shape index (κ3) is 7.80. The van der Waals surface area contributed by atoms with Crippen LogP contribution in [0.15, 0.2) is 89.9 Å². The first-order chi connectivity index (χ1) is 17.6. The van der Waals surface area contributed by atoms with E-state index in [4.69, 9.17) is 4.74 Å². The van der Waals surface area contributed by atoms with Gasteiger partial charge in [-0.1, -0.05) is 58.0 Å². The molecular weight excluding hydrogens is 471 g/mol. The minimum absolute atomic E-state index is 0.0243. The van der Waals surface area contributed by atoms with E-state index < -0.39 is 5.82 Å². The number of aromatic hydroxyl groups is 1. The number of H-pyrrole nitrogens is 1. The molecule has 0 spiro atoms. The average Bonchev–Trinajstić information content (AvgIpc) is 2.86. The van der Waals surface area contributed by atoms with E-state index in [0.717, 1.165) is 6.07 Å². The Labute approximate surface area is 215 Å². The molecule has 0 unspecified atom stereocenters. The molecule has 7 heteroatoms. The number of rotatable bonds is 6. The smallest absolute Gasteiger partial charge is 0.255 e. The Balaban J connectivity index is 0.000000213. The van der Waals surface area contributed by atoms with Crippen LogP contribution in [-0.4, -0.2) is 16.0 Å². The fraction of sp³-hybridized carbons (Fsp3) is 0.200. The molecule has 0 radical (unpaired) electrons. The van der Waals surface area contributed by atoms with Crippen molar-refractivity contribution in [2.45, 2.75) is 39.5 Å². The summed E-state index contributed by atoms with van der Waals surface area (Å²) in [4.78, 5) is 25.2. The minimum atomic E-state index is -0.412. The fourth-order valence-corrected chi connectivity index (χ4v) is 3.45. The van der Waals surface area contributed by atoms with Gasteiger partial charge in [0.1, 0.15) is 11.6 Å². The molecule has 0 fully saturated rings. The lowest BCUT2D eigenvalue weighted by atomic mass is 10.0. The zero-order valence-corrected chi connectivity index (χ0v) is 21.3. The predicted octanol–water partition coefficient (Wildman–Crippen LogP) is 7.20. The molecule has 0 aliphatic heterocycles. The van der Waals surface area contributed by atoms with Crippen LogP contribution in [-0.2, 0) is 0 Å². The van der Waals surface area contributed by atoms with Gasteiger partial charge in [-0.2, -0.15) is 0 Å². The Kier molecular flexibility index (Phi) is 9.21. The van der Waals surface area contributed by atoms with Gasteiger partial charge in [0.2, 0.25) is 5.56 Å². The van der Waals surface area contributed by atoms with Gasteiger partial charge in [0.25, 0.3) is 5.91 Å². The second-order valence-electron chi connectivity index (χ2n) is 9.08. The van der Waals surface area contributed by atoms with E-state index in [2.05, 4.69) is 24.1 Å². The topological polar surface area (TPSA) is 91.4 Å². The quantitative estimate of drug-likeness (QED) is 0.260. The number of aromatic nitrogens is 1. The van der Waals surface area contributed by atoms with Crippen molar-refractivity contribution in [1.82, 2.24) is 4.98 Å². The molecule has 37 heavy (non-hydrogen) atoms. The van der Waals surface area contributed by atoms with Crippen molar-refractivity contribution in [2.24, 2.45) is 0 Å². The lowest BCUT2D eigenvalue weighted by molar-refractivity contribution is 0.102. The van der Waals surface area contributed by atoms with Crippen molar-refractivity contribution >= 4 is 11.6 Å². The Bertz CT molecular complexity index is 1380. The highest BCUT2D eigenvalue weighted by atomic mass is 19.1. The highest BCUT2D eigenvalue weighted by Gasteiger charge is 2.14. The molecule has 1 amide bonds. The van der Waals surface area contributed by atoms with Crippen molar-refractivity contribution < 1.29 is 19.0 Å². The SMILES string of the molecule is CC(C)c1ccc(Oc2cc(C(C)C)c(F)cc2O)cc1.O=C(Nc1cc[nH]c(=O)c1)c1ccccc1. The number of anilines is 1. The molecule has 0 bridgehead atoms. The van der Waals surface area contributed by atoms with Gasteiger partial charge in [0.15, 0.2) is 11.5 Å². The molecule has 4 aromatic rings. The summed E-state index contributed by atoms with van der Waals surface area (Å²) in [6.45, 7) is 8.04. The number of phenols is 1. The monoisotopic (exact) mass is 502 g/mol.